The Hall–Kier alpha value is -1.93. The first-order chi connectivity index (χ1) is 8.79. The van der Waals surface area contributed by atoms with Crippen molar-refractivity contribution in [2.45, 2.75) is 13.0 Å². The minimum absolute atomic E-state index is 0.202. The van der Waals surface area contributed by atoms with Gasteiger partial charge in [-0.1, -0.05) is 36.4 Å². The summed E-state index contributed by atoms with van der Waals surface area (Å²) < 4.78 is 5.70. The fraction of sp³-hybridized carbons (Fsp3) is 0.188. The molecule has 0 amide bonds. The number of ether oxygens (including phenoxy) is 1. The molecule has 0 aromatic heterocycles. The molecule has 0 bridgehead atoms. The third kappa shape index (κ3) is 1.75. The van der Waals surface area contributed by atoms with Crippen LogP contribution in [0, 0.1) is 0 Å². The number of hydrogen-bond donors (Lipinski definition) is 0. The first kappa shape index (κ1) is 11.2. The van der Waals surface area contributed by atoms with Gasteiger partial charge in [0.25, 0.3) is 0 Å². The van der Waals surface area contributed by atoms with E-state index in [1.807, 2.05) is 25.1 Å². The first-order valence-electron chi connectivity index (χ1n) is 6.05. The number of fused-ring (bicyclic) bond motifs is 1. The van der Waals surface area contributed by atoms with E-state index in [0.29, 0.717) is 6.61 Å². The van der Waals surface area contributed by atoms with E-state index < -0.39 is 0 Å². The number of aldehydes is 1. The average Bonchev–Trinajstić information content (AvgIpc) is 2.79. The summed E-state index contributed by atoms with van der Waals surface area (Å²) in [7, 11) is 0. The predicted molar refractivity (Wildman–Crippen MR) is 71.4 cm³/mol. The number of benzene rings is 2. The van der Waals surface area contributed by atoms with Crippen molar-refractivity contribution in [1.82, 2.24) is 0 Å². The van der Waals surface area contributed by atoms with Crippen molar-refractivity contribution < 1.29 is 9.53 Å². The Kier molecular flexibility index (Phi) is 2.73. The predicted octanol–water partition coefficient (Wildman–Crippen LogP) is 3.43. The van der Waals surface area contributed by atoms with Crippen LogP contribution in [0.1, 0.15) is 18.6 Å². The van der Waals surface area contributed by atoms with Gasteiger partial charge in [-0.2, -0.15) is 0 Å². The Morgan fingerprint density at radius 2 is 1.94 bits per heavy atom. The molecule has 2 nitrogen and oxygen atoms in total. The molecule has 0 aliphatic carbocycles. The highest BCUT2D eigenvalue weighted by Crippen LogP contribution is 2.34. The van der Waals surface area contributed by atoms with Crippen LogP contribution in [0.3, 0.4) is 0 Å². The first-order valence-corrected chi connectivity index (χ1v) is 6.05. The lowest BCUT2D eigenvalue weighted by Gasteiger charge is -2.12. The Balaban J connectivity index is 2.08. The molecule has 0 N–H and O–H groups in total. The smallest absolute Gasteiger partial charge is 0.149 e. The fourth-order valence-electron chi connectivity index (χ4n) is 2.41. The van der Waals surface area contributed by atoms with Gasteiger partial charge in [0, 0.05) is 5.57 Å². The summed E-state index contributed by atoms with van der Waals surface area (Å²) in [5.74, 6) is 0. The number of carbonyl (C=O) groups is 1. The van der Waals surface area contributed by atoms with Crippen molar-refractivity contribution in [3.05, 3.63) is 59.2 Å². The molecule has 0 spiro atoms. The van der Waals surface area contributed by atoms with Gasteiger partial charge in [-0.05, 0) is 34.9 Å². The minimum Gasteiger partial charge on any atom is -0.364 e. The Morgan fingerprint density at radius 1 is 1.17 bits per heavy atom. The monoisotopic (exact) mass is 238 g/mol. The van der Waals surface area contributed by atoms with Crippen LogP contribution in [-0.4, -0.2) is 12.9 Å². The van der Waals surface area contributed by atoms with Crippen molar-refractivity contribution in [2.75, 3.05) is 6.61 Å². The quantitative estimate of drug-likeness (QED) is 0.749. The van der Waals surface area contributed by atoms with Crippen LogP contribution in [0.5, 0.6) is 0 Å². The molecule has 2 aromatic carbocycles. The molecule has 0 saturated carbocycles. The highest BCUT2D eigenvalue weighted by Gasteiger charge is 2.25. The zero-order chi connectivity index (χ0) is 12.5. The third-order valence-electron chi connectivity index (χ3n) is 3.45. The van der Waals surface area contributed by atoms with Crippen LogP contribution in [0.4, 0.5) is 0 Å². The Morgan fingerprint density at radius 3 is 2.72 bits per heavy atom. The van der Waals surface area contributed by atoms with Crippen molar-refractivity contribution in [1.29, 1.82) is 0 Å². The van der Waals surface area contributed by atoms with E-state index in [1.165, 1.54) is 10.8 Å². The summed E-state index contributed by atoms with van der Waals surface area (Å²) in [6.45, 7) is 2.50. The van der Waals surface area contributed by atoms with Gasteiger partial charge < -0.3 is 4.74 Å². The van der Waals surface area contributed by atoms with Crippen molar-refractivity contribution in [3.63, 3.8) is 0 Å². The summed E-state index contributed by atoms with van der Waals surface area (Å²) in [6.07, 6.45) is 0.717. The van der Waals surface area contributed by atoms with E-state index in [9.17, 15) is 4.79 Å². The van der Waals surface area contributed by atoms with E-state index in [4.69, 9.17) is 4.74 Å². The largest absolute Gasteiger partial charge is 0.364 e. The van der Waals surface area contributed by atoms with Gasteiger partial charge in [0.2, 0.25) is 0 Å². The lowest BCUT2D eigenvalue weighted by molar-refractivity contribution is -0.105. The molecule has 0 saturated heterocycles. The molecule has 0 unspecified atom stereocenters. The maximum atomic E-state index is 11.1. The van der Waals surface area contributed by atoms with Crippen molar-refractivity contribution >= 4 is 17.1 Å². The van der Waals surface area contributed by atoms with Crippen LogP contribution in [-0.2, 0) is 9.53 Å². The molecule has 0 radical (unpaired) electrons. The molecule has 18 heavy (non-hydrogen) atoms. The van der Waals surface area contributed by atoms with Crippen molar-refractivity contribution in [2.24, 2.45) is 0 Å². The fourth-order valence-corrected chi connectivity index (χ4v) is 2.41. The summed E-state index contributed by atoms with van der Waals surface area (Å²) in [6, 6.07) is 14.4. The summed E-state index contributed by atoms with van der Waals surface area (Å²) in [5.41, 5.74) is 2.85. The maximum absolute atomic E-state index is 11.1. The van der Waals surface area contributed by atoms with Gasteiger partial charge in [-0.15, -0.1) is 0 Å². The second kappa shape index (κ2) is 4.39. The van der Waals surface area contributed by atoms with Gasteiger partial charge >= 0.3 is 0 Å². The topological polar surface area (TPSA) is 26.3 Å². The number of carbonyl (C=O) groups excluding carboxylic acids is 1. The van der Waals surface area contributed by atoms with Crippen LogP contribution >= 0.6 is 0 Å². The molecule has 3 rings (SSSR count). The Labute approximate surface area is 106 Å². The van der Waals surface area contributed by atoms with Gasteiger partial charge in [0.1, 0.15) is 12.4 Å². The summed E-state index contributed by atoms with van der Waals surface area (Å²) >= 11 is 0. The molecular weight excluding hydrogens is 224 g/mol. The van der Waals surface area contributed by atoms with Gasteiger partial charge in [0.05, 0.1) is 6.61 Å². The second-order valence-electron chi connectivity index (χ2n) is 4.65. The van der Waals surface area contributed by atoms with Crippen molar-refractivity contribution in [3.8, 4) is 0 Å². The normalized spacial score (nSPS) is 19.5. The zero-order valence-electron chi connectivity index (χ0n) is 10.2. The van der Waals surface area contributed by atoms with E-state index in [0.717, 1.165) is 23.0 Å². The molecule has 1 heterocycles. The third-order valence-corrected chi connectivity index (χ3v) is 3.45. The molecule has 1 aliphatic heterocycles. The molecule has 2 heteroatoms. The standard InChI is InChI=1S/C16H14O2/c1-11-10-18-16(15(11)9-17)14-7-6-12-4-2-3-5-13(12)8-14/h2-9,16H,10H2,1H3/t16-/m1/s1. The van der Waals surface area contributed by atoms with E-state index in [1.54, 1.807) is 0 Å². The SMILES string of the molecule is CC1=C(C=O)[C@@H](c2ccc3ccccc3c2)OC1. The van der Waals surface area contributed by atoms with Crippen LogP contribution in [0.25, 0.3) is 10.8 Å². The number of rotatable bonds is 2. The average molecular weight is 238 g/mol. The molecule has 0 fully saturated rings. The van der Waals surface area contributed by atoms with Crippen LogP contribution in [0.15, 0.2) is 53.6 Å². The van der Waals surface area contributed by atoms with Crippen LogP contribution in [0.2, 0.25) is 0 Å². The van der Waals surface area contributed by atoms with Gasteiger partial charge in [0.15, 0.2) is 0 Å². The van der Waals surface area contributed by atoms with E-state index >= 15 is 0 Å². The summed E-state index contributed by atoms with van der Waals surface area (Å²) in [5, 5.41) is 2.38. The van der Waals surface area contributed by atoms with Crippen LogP contribution < -0.4 is 0 Å². The molecular formula is C16H14O2. The Bertz CT molecular complexity index is 640. The minimum atomic E-state index is -0.202. The molecule has 1 aliphatic rings. The lowest BCUT2D eigenvalue weighted by Crippen LogP contribution is -2.01. The highest BCUT2D eigenvalue weighted by atomic mass is 16.5. The van der Waals surface area contributed by atoms with Gasteiger partial charge in [-0.3, -0.25) is 4.79 Å². The lowest BCUT2D eigenvalue weighted by atomic mass is 9.98. The highest BCUT2D eigenvalue weighted by molar-refractivity contribution is 5.84. The zero-order valence-corrected chi connectivity index (χ0v) is 10.2. The number of hydrogen-bond acceptors (Lipinski definition) is 2. The molecule has 2 aromatic rings. The molecule has 90 valence electrons. The van der Waals surface area contributed by atoms with Gasteiger partial charge in [-0.25, -0.2) is 0 Å². The maximum Gasteiger partial charge on any atom is 0.149 e. The molecule has 1 atom stereocenters. The van der Waals surface area contributed by atoms with E-state index in [2.05, 4.69) is 24.3 Å². The summed E-state index contributed by atoms with van der Waals surface area (Å²) in [4.78, 5) is 11.1. The van der Waals surface area contributed by atoms with E-state index in [-0.39, 0.29) is 6.10 Å². The second-order valence-corrected chi connectivity index (χ2v) is 4.65.